The summed E-state index contributed by atoms with van der Waals surface area (Å²) in [5, 5.41) is 4.70. The van der Waals surface area contributed by atoms with Crippen LogP contribution in [0.3, 0.4) is 0 Å². The number of aromatic nitrogens is 1. The lowest BCUT2D eigenvalue weighted by Crippen LogP contribution is -2.06. The van der Waals surface area contributed by atoms with E-state index in [1.807, 2.05) is 19.2 Å². The van der Waals surface area contributed by atoms with E-state index in [0.29, 0.717) is 5.02 Å². The highest BCUT2D eigenvalue weighted by atomic mass is 35.5. The molecule has 18 heavy (non-hydrogen) atoms. The summed E-state index contributed by atoms with van der Waals surface area (Å²) < 4.78 is 0. The Balaban J connectivity index is 2.20. The minimum atomic E-state index is 0.694. The van der Waals surface area contributed by atoms with E-state index in [2.05, 4.69) is 35.4 Å². The van der Waals surface area contributed by atoms with Gasteiger partial charge in [-0.05, 0) is 49.4 Å². The van der Waals surface area contributed by atoms with Crippen molar-refractivity contribution in [1.29, 1.82) is 0 Å². The number of halogens is 1. The summed E-state index contributed by atoms with van der Waals surface area (Å²) in [5.74, 6) is 0. The minimum absolute atomic E-state index is 0.694. The molecule has 0 bridgehead atoms. The van der Waals surface area contributed by atoms with E-state index in [1.54, 1.807) is 18.0 Å². The van der Waals surface area contributed by atoms with E-state index < -0.39 is 0 Å². The maximum Gasteiger partial charge on any atom is 0.119 e. The first-order chi connectivity index (χ1) is 8.70. The van der Waals surface area contributed by atoms with Crippen LogP contribution in [0.4, 0.5) is 0 Å². The van der Waals surface area contributed by atoms with Gasteiger partial charge in [-0.25, -0.2) is 4.98 Å². The van der Waals surface area contributed by atoms with Crippen molar-refractivity contribution in [2.45, 2.75) is 23.4 Å². The summed E-state index contributed by atoms with van der Waals surface area (Å²) in [6.07, 6.45) is 1.76. The van der Waals surface area contributed by atoms with Gasteiger partial charge in [0.15, 0.2) is 0 Å². The molecule has 0 unspecified atom stereocenters. The second-order valence-corrected chi connectivity index (χ2v) is 5.48. The molecule has 2 rings (SSSR count). The van der Waals surface area contributed by atoms with Crippen molar-refractivity contribution in [3.8, 4) is 0 Å². The molecule has 1 heterocycles. The summed E-state index contributed by atoms with van der Waals surface area (Å²) in [7, 11) is 1.95. The highest BCUT2D eigenvalue weighted by Crippen LogP contribution is 2.32. The Morgan fingerprint density at radius 3 is 2.83 bits per heavy atom. The summed E-state index contributed by atoms with van der Waals surface area (Å²) in [4.78, 5) is 5.44. The maximum atomic E-state index is 6.10. The Morgan fingerprint density at radius 2 is 2.17 bits per heavy atom. The van der Waals surface area contributed by atoms with Gasteiger partial charge in [-0.2, -0.15) is 0 Å². The quantitative estimate of drug-likeness (QED) is 0.918. The molecule has 0 atom stereocenters. The highest BCUT2D eigenvalue weighted by Gasteiger charge is 2.05. The van der Waals surface area contributed by atoms with Crippen molar-refractivity contribution < 1.29 is 0 Å². The third-order valence-corrected chi connectivity index (χ3v) is 4.05. The predicted molar refractivity (Wildman–Crippen MR) is 77.3 cm³/mol. The lowest BCUT2D eigenvalue weighted by molar-refractivity contribution is 0.811. The Labute approximate surface area is 117 Å². The van der Waals surface area contributed by atoms with Crippen LogP contribution < -0.4 is 5.32 Å². The Kier molecular flexibility index (Phi) is 4.64. The molecule has 0 aliphatic carbocycles. The first kappa shape index (κ1) is 13.4. The SMILES string of the molecule is CNCc1ccc(Sc2ncccc2Cl)cc1C. The molecule has 0 aliphatic rings. The molecular formula is C14H15ClN2S. The second-order valence-electron chi connectivity index (χ2n) is 4.01. The van der Waals surface area contributed by atoms with Gasteiger partial charge in [-0.3, -0.25) is 0 Å². The van der Waals surface area contributed by atoms with Gasteiger partial charge in [-0.1, -0.05) is 29.4 Å². The van der Waals surface area contributed by atoms with Crippen LogP contribution in [0.2, 0.25) is 5.02 Å². The number of nitrogens with one attached hydrogen (secondary N) is 1. The molecule has 0 saturated carbocycles. The van der Waals surface area contributed by atoms with Crippen molar-refractivity contribution in [1.82, 2.24) is 10.3 Å². The number of rotatable bonds is 4. The van der Waals surface area contributed by atoms with Crippen LogP contribution in [0.15, 0.2) is 46.5 Å². The molecule has 1 aromatic heterocycles. The van der Waals surface area contributed by atoms with Crippen LogP contribution in [0.5, 0.6) is 0 Å². The molecular weight excluding hydrogens is 264 g/mol. The van der Waals surface area contributed by atoms with Crippen LogP contribution in [-0.4, -0.2) is 12.0 Å². The lowest BCUT2D eigenvalue weighted by atomic mass is 10.1. The first-order valence-corrected chi connectivity index (χ1v) is 6.92. The Bertz CT molecular complexity index is 543. The Morgan fingerprint density at radius 1 is 1.33 bits per heavy atom. The summed E-state index contributed by atoms with van der Waals surface area (Å²) in [6.45, 7) is 3.01. The molecule has 1 N–H and O–H groups in total. The van der Waals surface area contributed by atoms with Crippen molar-refractivity contribution in [3.63, 3.8) is 0 Å². The summed E-state index contributed by atoms with van der Waals surface area (Å²) in [5.41, 5.74) is 2.59. The maximum absolute atomic E-state index is 6.10. The third kappa shape index (κ3) is 3.25. The largest absolute Gasteiger partial charge is 0.316 e. The van der Waals surface area contributed by atoms with E-state index in [-0.39, 0.29) is 0 Å². The number of pyridine rings is 1. The van der Waals surface area contributed by atoms with Crippen LogP contribution in [0.25, 0.3) is 0 Å². The molecule has 94 valence electrons. The number of hydrogen-bond donors (Lipinski definition) is 1. The predicted octanol–water partition coefficient (Wildman–Crippen LogP) is 3.91. The highest BCUT2D eigenvalue weighted by molar-refractivity contribution is 7.99. The van der Waals surface area contributed by atoms with Gasteiger partial charge in [0.25, 0.3) is 0 Å². The van der Waals surface area contributed by atoms with Crippen molar-refractivity contribution >= 4 is 23.4 Å². The van der Waals surface area contributed by atoms with E-state index >= 15 is 0 Å². The zero-order valence-electron chi connectivity index (χ0n) is 10.4. The standard InChI is InChI=1S/C14H15ClN2S/c1-10-8-12(6-5-11(10)9-16-2)18-14-13(15)4-3-7-17-14/h3-8,16H,9H2,1-2H3. The number of benzene rings is 1. The molecule has 4 heteroatoms. The lowest BCUT2D eigenvalue weighted by Gasteiger charge is -2.08. The number of hydrogen-bond acceptors (Lipinski definition) is 3. The van der Waals surface area contributed by atoms with E-state index in [4.69, 9.17) is 11.6 Å². The fourth-order valence-electron chi connectivity index (χ4n) is 1.68. The topological polar surface area (TPSA) is 24.9 Å². The van der Waals surface area contributed by atoms with Crippen LogP contribution in [0, 0.1) is 6.92 Å². The van der Waals surface area contributed by atoms with Gasteiger partial charge in [0, 0.05) is 17.6 Å². The molecule has 0 saturated heterocycles. The van der Waals surface area contributed by atoms with Gasteiger partial charge >= 0.3 is 0 Å². The average molecular weight is 279 g/mol. The first-order valence-electron chi connectivity index (χ1n) is 5.73. The molecule has 0 aliphatic heterocycles. The smallest absolute Gasteiger partial charge is 0.119 e. The number of aryl methyl sites for hydroxylation is 1. The van der Waals surface area contributed by atoms with E-state index in [1.165, 1.54) is 11.1 Å². The van der Waals surface area contributed by atoms with E-state index in [0.717, 1.165) is 16.5 Å². The molecule has 0 amide bonds. The van der Waals surface area contributed by atoms with Crippen molar-refractivity contribution in [3.05, 3.63) is 52.7 Å². The third-order valence-electron chi connectivity index (χ3n) is 2.62. The fourth-order valence-corrected chi connectivity index (χ4v) is 2.79. The zero-order chi connectivity index (χ0) is 13.0. The van der Waals surface area contributed by atoms with E-state index in [9.17, 15) is 0 Å². The van der Waals surface area contributed by atoms with Crippen molar-refractivity contribution in [2.75, 3.05) is 7.05 Å². The normalized spacial score (nSPS) is 10.6. The van der Waals surface area contributed by atoms with Gasteiger partial charge in [0.05, 0.1) is 5.02 Å². The summed E-state index contributed by atoms with van der Waals surface area (Å²) >= 11 is 7.69. The summed E-state index contributed by atoms with van der Waals surface area (Å²) in [6, 6.07) is 10.1. The van der Waals surface area contributed by atoms with Gasteiger partial charge < -0.3 is 5.32 Å². The van der Waals surface area contributed by atoms with Crippen LogP contribution >= 0.6 is 23.4 Å². The minimum Gasteiger partial charge on any atom is -0.316 e. The number of nitrogens with zero attached hydrogens (tertiary/aromatic N) is 1. The van der Waals surface area contributed by atoms with Gasteiger partial charge in [0.2, 0.25) is 0 Å². The molecule has 0 radical (unpaired) electrons. The Hall–Kier alpha value is -1.03. The molecule has 2 aromatic rings. The molecule has 1 aromatic carbocycles. The van der Waals surface area contributed by atoms with Crippen LogP contribution in [-0.2, 0) is 6.54 Å². The van der Waals surface area contributed by atoms with Gasteiger partial charge in [-0.15, -0.1) is 0 Å². The monoisotopic (exact) mass is 278 g/mol. The molecule has 2 nitrogen and oxygen atoms in total. The molecule has 0 spiro atoms. The van der Waals surface area contributed by atoms with Gasteiger partial charge in [0.1, 0.15) is 5.03 Å². The van der Waals surface area contributed by atoms with Crippen molar-refractivity contribution in [2.24, 2.45) is 0 Å². The zero-order valence-corrected chi connectivity index (χ0v) is 12.0. The van der Waals surface area contributed by atoms with Crippen LogP contribution in [0.1, 0.15) is 11.1 Å². The second kappa shape index (κ2) is 6.23. The average Bonchev–Trinajstić information content (AvgIpc) is 2.36. The molecule has 0 fully saturated rings. The fraction of sp³-hybridized carbons (Fsp3) is 0.214.